The van der Waals surface area contributed by atoms with Crippen molar-refractivity contribution in [3.63, 3.8) is 0 Å². The van der Waals surface area contributed by atoms with E-state index >= 15 is 0 Å². The predicted molar refractivity (Wildman–Crippen MR) is 112 cm³/mol. The van der Waals surface area contributed by atoms with Gasteiger partial charge in [0, 0.05) is 18.5 Å². The minimum Gasteiger partial charge on any atom is -0.493 e. The molecule has 1 amide bonds. The van der Waals surface area contributed by atoms with Crippen molar-refractivity contribution in [3.8, 4) is 11.5 Å². The van der Waals surface area contributed by atoms with Gasteiger partial charge in [-0.25, -0.2) is 0 Å². The topological polar surface area (TPSA) is 72.9 Å². The van der Waals surface area contributed by atoms with Gasteiger partial charge in [0.1, 0.15) is 0 Å². The number of methoxy groups -OCH3 is 1. The van der Waals surface area contributed by atoms with Crippen LogP contribution in [0.4, 0.5) is 0 Å². The van der Waals surface area contributed by atoms with Crippen molar-refractivity contribution in [2.75, 3.05) is 13.4 Å². The van der Waals surface area contributed by atoms with Crippen molar-refractivity contribution in [1.29, 1.82) is 0 Å². The van der Waals surface area contributed by atoms with Gasteiger partial charge in [-0.2, -0.15) is 8.42 Å². The molecule has 0 aliphatic carbocycles. The fourth-order valence-corrected chi connectivity index (χ4v) is 3.56. The first kappa shape index (κ1) is 24.3. The molecule has 0 heterocycles. The highest BCUT2D eigenvalue weighted by molar-refractivity contribution is 7.86. The van der Waals surface area contributed by atoms with Crippen LogP contribution in [-0.4, -0.2) is 38.6 Å². The van der Waals surface area contributed by atoms with Gasteiger partial charge in [-0.1, -0.05) is 39.7 Å². The third-order valence-electron chi connectivity index (χ3n) is 4.98. The summed E-state index contributed by atoms with van der Waals surface area (Å²) in [6, 6.07) is 5.23. The van der Waals surface area contributed by atoms with Crippen LogP contribution < -0.4 is 8.92 Å². The molecule has 2 unspecified atom stereocenters. The van der Waals surface area contributed by atoms with Gasteiger partial charge in [0.05, 0.1) is 13.4 Å². The summed E-state index contributed by atoms with van der Waals surface area (Å²) in [6.45, 7) is 8.69. The standard InChI is InChI=1S/C21H35NO5S/c1-7-10-11-18(9-3)21(23)22(16(4)8-2)15-17-12-13-19(26-5)20(14-17)27-28(6,24)25/h12-14,16,18H,7-11,15H2,1-6H3. The van der Waals surface area contributed by atoms with Crippen LogP contribution in [0.15, 0.2) is 18.2 Å². The number of unbranched alkanes of at least 4 members (excludes halogenated alkanes) is 1. The summed E-state index contributed by atoms with van der Waals surface area (Å²) < 4.78 is 33.4. The Bertz CT molecular complexity index is 732. The molecule has 6 nitrogen and oxygen atoms in total. The van der Waals surface area contributed by atoms with E-state index in [9.17, 15) is 13.2 Å². The minimum atomic E-state index is -3.68. The van der Waals surface area contributed by atoms with E-state index < -0.39 is 10.1 Å². The molecular weight excluding hydrogens is 378 g/mol. The van der Waals surface area contributed by atoms with Crippen molar-refractivity contribution in [2.24, 2.45) is 5.92 Å². The lowest BCUT2D eigenvalue weighted by Gasteiger charge is -2.32. The number of amides is 1. The molecule has 7 heteroatoms. The smallest absolute Gasteiger partial charge is 0.306 e. The molecule has 0 fully saturated rings. The molecule has 1 aromatic carbocycles. The van der Waals surface area contributed by atoms with Gasteiger partial charge >= 0.3 is 10.1 Å². The number of hydrogen-bond donors (Lipinski definition) is 0. The Kier molecular flexibility index (Phi) is 9.79. The molecule has 0 radical (unpaired) electrons. The second-order valence-corrected chi connectivity index (χ2v) is 8.82. The normalized spacial score (nSPS) is 13.6. The largest absolute Gasteiger partial charge is 0.493 e. The zero-order valence-electron chi connectivity index (χ0n) is 18.0. The van der Waals surface area contributed by atoms with Crippen molar-refractivity contribution >= 4 is 16.0 Å². The molecule has 160 valence electrons. The molecular formula is C21H35NO5S. The molecule has 0 saturated heterocycles. The summed E-state index contributed by atoms with van der Waals surface area (Å²) in [7, 11) is -2.22. The van der Waals surface area contributed by atoms with Crippen molar-refractivity contribution in [2.45, 2.75) is 72.4 Å². The predicted octanol–water partition coefficient (Wildman–Crippen LogP) is 4.38. The molecule has 0 bridgehead atoms. The first-order valence-electron chi connectivity index (χ1n) is 10.0. The van der Waals surface area contributed by atoms with Crippen molar-refractivity contribution < 1.29 is 22.1 Å². The Morgan fingerprint density at radius 2 is 1.82 bits per heavy atom. The van der Waals surface area contributed by atoms with Gasteiger partial charge in [-0.15, -0.1) is 0 Å². The van der Waals surface area contributed by atoms with Gasteiger partial charge in [0.25, 0.3) is 0 Å². The number of carbonyl (C=O) groups excluding carboxylic acids is 1. The minimum absolute atomic E-state index is 0.0129. The van der Waals surface area contributed by atoms with Crippen LogP contribution in [0.25, 0.3) is 0 Å². The average Bonchev–Trinajstić information content (AvgIpc) is 2.64. The number of rotatable bonds is 12. The van der Waals surface area contributed by atoms with E-state index in [1.807, 2.05) is 17.9 Å². The summed E-state index contributed by atoms with van der Waals surface area (Å²) in [5.41, 5.74) is 0.804. The van der Waals surface area contributed by atoms with Gasteiger partial charge in [0.15, 0.2) is 11.5 Å². The zero-order chi connectivity index (χ0) is 21.3. The number of nitrogens with zero attached hydrogens (tertiary/aromatic N) is 1. The maximum absolute atomic E-state index is 13.2. The highest BCUT2D eigenvalue weighted by Gasteiger charge is 2.26. The van der Waals surface area contributed by atoms with Crippen LogP contribution in [0.2, 0.25) is 0 Å². The van der Waals surface area contributed by atoms with Gasteiger partial charge in [-0.05, 0) is 43.9 Å². The fourth-order valence-electron chi connectivity index (χ4n) is 3.10. The lowest BCUT2D eigenvalue weighted by molar-refractivity contribution is -0.138. The van der Waals surface area contributed by atoms with Crippen LogP contribution in [0.3, 0.4) is 0 Å². The fraction of sp³-hybridized carbons (Fsp3) is 0.667. The Hall–Kier alpha value is -1.76. The number of ether oxygens (including phenoxy) is 1. The van der Waals surface area contributed by atoms with E-state index in [0.29, 0.717) is 12.3 Å². The lowest BCUT2D eigenvalue weighted by atomic mass is 9.96. The van der Waals surface area contributed by atoms with Crippen LogP contribution >= 0.6 is 0 Å². The molecule has 1 aromatic rings. The molecule has 0 aliphatic heterocycles. The molecule has 0 spiro atoms. The molecule has 1 rings (SSSR count). The Balaban J connectivity index is 3.15. The monoisotopic (exact) mass is 413 g/mol. The summed E-state index contributed by atoms with van der Waals surface area (Å²) in [5.74, 6) is 0.646. The molecule has 28 heavy (non-hydrogen) atoms. The van der Waals surface area contributed by atoms with Crippen molar-refractivity contribution in [1.82, 2.24) is 4.90 Å². The van der Waals surface area contributed by atoms with Gasteiger partial charge in [0.2, 0.25) is 5.91 Å². The molecule has 0 aliphatic rings. The van der Waals surface area contributed by atoms with E-state index in [1.165, 1.54) is 7.11 Å². The third kappa shape index (κ3) is 7.34. The van der Waals surface area contributed by atoms with E-state index in [2.05, 4.69) is 20.8 Å². The second kappa shape index (κ2) is 11.3. The van der Waals surface area contributed by atoms with Crippen LogP contribution in [-0.2, 0) is 21.5 Å². The van der Waals surface area contributed by atoms with Gasteiger partial charge < -0.3 is 13.8 Å². The first-order valence-corrected chi connectivity index (χ1v) is 11.8. The van der Waals surface area contributed by atoms with Gasteiger partial charge in [-0.3, -0.25) is 4.79 Å². The van der Waals surface area contributed by atoms with Crippen LogP contribution in [0, 0.1) is 5.92 Å². The molecule has 0 N–H and O–H groups in total. The first-order chi connectivity index (χ1) is 13.2. The third-order valence-corrected chi connectivity index (χ3v) is 5.46. The summed E-state index contributed by atoms with van der Waals surface area (Å²) in [5, 5.41) is 0. The van der Waals surface area contributed by atoms with Crippen LogP contribution in [0.1, 0.15) is 65.4 Å². The number of benzene rings is 1. The molecule has 0 saturated carbocycles. The summed E-state index contributed by atoms with van der Waals surface area (Å²) in [6.07, 6.45) is 5.65. The van der Waals surface area contributed by atoms with E-state index in [-0.39, 0.29) is 23.6 Å². The van der Waals surface area contributed by atoms with E-state index in [0.717, 1.165) is 43.9 Å². The highest BCUT2D eigenvalue weighted by Crippen LogP contribution is 2.30. The summed E-state index contributed by atoms with van der Waals surface area (Å²) >= 11 is 0. The Morgan fingerprint density at radius 3 is 2.32 bits per heavy atom. The van der Waals surface area contributed by atoms with E-state index in [1.54, 1.807) is 12.1 Å². The molecule has 0 aromatic heterocycles. The average molecular weight is 414 g/mol. The Morgan fingerprint density at radius 1 is 1.14 bits per heavy atom. The van der Waals surface area contributed by atoms with E-state index in [4.69, 9.17) is 8.92 Å². The highest BCUT2D eigenvalue weighted by atomic mass is 32.2. The molecule has 2 atom stereocenters. The second-order valence-electron chi connectivity index (χ2n) is 7.24. The zero-order valence-corrected chi connectivity index (χ0v) is 18.8. The quantitative estimate of drug-likeness (QED) is 0.476. The SMILES string of the molecule is CCCCC(CC)C(=O)N(Cc1ccc(OC)c(OS(C)(=O)=O)c1)C(C)CC. The number of hydrogen-bond acceptors (Lipinski definition) is 5. The van der Waals surface area contributed by atoms with Crippen LogP contribution in [0.5, 0.6) is 11.5 Å². The maximum Gasteiger partial charge on any atom is 0.306 e. The number of carbonyl (C=O) groups is 1. The maximum atomic E-state index is 13.2. The Labute approximate surface area is 170 Å². The van der Waals surface area contributed by atoms with Crippen molar-refractivity contribution in [3.05, 3.63) is 23.8 Å². The summed E-state index contributed by atoms with van der Waals surface area (Å²) in [4.78, 5) is 15.1. The lowest BCUT2D eigenvalue weighted by Crippen LogP contribution is -2.41.